The Hall–Kier alpha value is -0.890. The molecule has 0 aromatic heterocycles. The number of halogens is 9. The van der Waals surface area contributed by atoms with E-state index >= 15 is 0 Å². The molecule has 0 radical (unpaired) electrons. The van der Waals surface area contributed by atoms with Crippen molar-refractivity contribution in [1.29, 1.82) is 0 Å². The maximum absolute atomic E-state index is 13.4. The first kappa shape index (κ1) is 17.1. The fourth-order valence-corrected chi connectivity index (χ4v) is 1.31. The van der Waals surface area contributed by atoms with Gasteiger partial charge in [0.1, 0.15) is 5.67 Å². The normalized spacial score (nSPS) is 19.3. The highest BCUT2D eigenvalue weighted by Crippen LogP contribution is 2.48. The molecule has 0 fully saturated rings. The second-order valence-corrected chi connectivity index (χ2v) is 4.16. The third kappa shape index (κ3) is 3.32. The lowest BCUT2D eigenvalue weighted by molar-refractivity contribution is -0.216. The molecule has 1 unspecified atom stereocenters. The first-order valence-electron chi connectivity index (χ1n) is 4.45. The Bertz CT molecular complexity index is 337. The molecule has 0 aromatic rings. The molecule has 0 saturated heterocycles. The third-order valence-corrected chi connectivity index (χ3v) is 2.06. The van der Waals surface area contributed by atoms with Gasteiger partial charge in [-0.25, -0.2) is 13.2 Å². The van der Waals surface area contributed by atoms with Crippen LogP contribution in [0.5, 0.6) is 0 Å². The minimum Gasteiger partial charge on any atom is -0.239 e. The molecule has 0 N–H and O–H groups in total. The molecule has 0 aliphatic rings. The minimum absolute atomic E-state index is 0.206. The highest BCUT2D eigenvalue weighted by atomic mass is 19.4. The van der Waals surface area contributed by atoms with E-state index in [4.69, 9.17) is 0 Å². The van der Waals surface area contributed by atoms with Gasteiger partial charge < -0.3 is 0 Å². The average molecular weight is 288 g/mol. The van der Waals surface area contributed by atoms with E-state index in [1.807, 2.05) is 0 Å². The van der Waals surface area contributed by atoms with Gasteiger partial charge in [0, 0.05) is 0 Å². The molecule has 0 spiro atoms. The minimum atomic E-state index is -5.91. The second kappa shape index (κ2) is 4.34. The Kier molecular flexibility index (Phi) is 4.13. The van der Waals surface area contributed by atoms with Gasteiger partial charge in [0.25, 0.3) is 0 Å². The van der Waals surface area contributed by atoms with Crippen LogP contribution in [0, 0.1) is 0 Å². The molecule has 0 saturated carbocycles. The SMILES string of the molecule is CC(C)(F)/C(=C(\F)C(F)(F)F)C(C)(F)C(F)(F)F. The molecular weight excluding hydrogens is 279 g/mol. The lowest BCUT2D eigenvalue weighted by Gasteiger charge is -2.32. The number of hydrogen-bond acceptors (Lipinski definition) is 0. The fourth-order valence-electron chi connectivity index (χ4n) is 1.31. The van der Waals surface area contributed by atoms with Crippen molar-refractivity contribution in [2.24, 2.45) is 0 Å². The van der Waals surface area contributed by atoms with Crippen molar-refractivity contribution in [3.05, 3.63) is 11.4 Å². The summed E-state index contributed by atoms with van der Waals surface area (Å²) in [5.74, 6) is -3.42. The van der Waals surface area contributed by atoms with Gasteiger partial charge in [-0.05, 0) is 20.8 Å². The monoisotopic (exact) mass is 288 g/mol. The van der Waals surface area contributed by atoms with Crippen molar-refractivity contribution in [1.82, 2.24) is 0 Å². The molecule has 0 amide bonds. The van der Waals surface area contributed by atoms with Crippen molar-refractivity contribution in [3.8, 4) is 0 Å². The first-order chi connectivity index (χ1) is 7.53. The maximum atomic E-state index is 13.4. The van der Waals surface area contributed by atoms with Crippen LogP contribution < -0.4 is 0 Å². The molecule has 18 heavy (non-hydrogen) atoms. The van der Waals surface area contributed by atoms with Gasteiger partial charge >= 0.3 is 12.4 Å². The molecule has 0 rings (SSSR count). The van der Waals surface area contributed by atoms with Crippen LogP contribution in [0.1, 0.15) is 20.8 Å². The molecule has 0 aliphatic carbocycles. The maximum Gasteiger partial charge on any atom is 0.443 e. The fraction of sp³-hybridized carbons (Fsp3) is 0.778. The molecule has 1 atom stereocenters. The van der Waals surface area contributed by atoms with E-state index in [1.165, 1.54) is 0 Å². The summed E-state index contributed by atoms with van der Waals surface area (Å²) in [6, 6.07) is 0. The van der Waals surface area contributed by atoms with Gasteiger partial charge in [-0.15, -0.1) is 0 Å². The van der Waals surface area contributed by atoms with Gasteiger partial charge in [-0.2, -0.15) is 26.3 Å². The van der Waals surface area contributed by atoms with Gasteiger partial charge in [-0.3, -0.25) is 0 Å². The van der Waals surface area contributed by atoms with E-state index in [0.717, 1.165) is 0 Å². The van der Waals surface area contributed by atoms with Crippen molar-refractivity contribution in [2.45, 2.75) is 44.5 Å². The largest absolute Gasteiger partial charge is 0.443 e. The first-order valence-corrected chi connectivity index (χ1v) is 4.45. The van der Waals surface area contributed by atoms with E-state index in [2.05, 4.69) is 0 Å². The van der Waals surface area contributed by atoms with Gasteiger partial charge in [0.15, 0.2) is 0 Å². The number of allylic oxidation sites excluding steroid dienone is 2. The van der Waals surface area contributed by atoms with Gasteiger partial charge in [0.05, 0.1) is 5.57 Å². The van der Waals surface area contributed by atoms with Crippen LogP contribution in [0.15, 0.2) is 11.4 Å². The summed E-state index contributed by atoms with van der Waals surface area (Å²) in [5, 5.41) is 0. The molecule has 9 heteroatoms. The second-order valence-electron chi connectivity index (χ2n) is 4.16. The average Bonchev–Trinajstić information content (AvgIpc) is 1.95. The Balaban J connectivity index is 6.18. The summed E-state index contributed by atoms with van der Waals surface area (Å²) in [7, 11) is 0. The lowest BCUT2D eigenvalue weighted by Crippen LogP contribution is -2.46. The van der Waals surface area contributed by atoms with Crippen LogP contribution in [0.3, 0.4) is 0 Å². The Labute approximate surface area is 96.5 Å². The Morgan fingerprint density at radius 1 is 0.722 bits per heavy atom. The molecule has 0 bridgehead atoms. The Morgan fingerprint density at radius 2 is 1.06 bits per heavy atom. The summed E-state index contributed by atoms with van der Waals surface area (Å²) < 4.78 is 112. The van der Waals surface area contributed by atoms with Crippen molar-refractivity contribution < 1.29 is 39.5 Å². The zero-order chi connectivity index (χ0) is 15.2. The smallest absolute Gasteiger partial charge is 0.239 e. The van der Waals surface area contributed by atoms with Crippen LogP contribution >= 0.6 is 0 Å². The summed E-state index contributed by atoms with van der Waals surface area (Å²) in [4.78, 5) is 0. The molecule has 0 heterocycles. The summed E-state index contributed by atoms with van der Waals surface area (Å²) in [6.45, 7) is 0.0451. The molecule has 0 aromatic carbocycles. The number of rotatable bonds is 2. The van der Waals surface area contributed by atoms with Crippen LogP contribution in [-0.2, 0) is 0 Å². The highest BCUT2D eigenvalue weighted by Gasteiger charge is 2.61. The van der Waals surface area contributed by atoms with E-state index in [9.17, 15) is 39.5 Å². The third-order valence-electron chi connectivity index (χ3n) is 2.06. The predicted molar refractivity (Wildman–Crippen MR) is 44.9 cm³/mol. The van der Waals surface area contributed by atoms with E-state index in [-0.39, 0.29) is 20.8 Å². The quantitative estimate of drug-likeness (QED) is 0.640. The van der Waals surface area contributed by atoms with Crippen LogP contribution in [0.4, 0.5) is 39.5 Å². The molecule has 108 valence electrons. The van der Waals surface area contributed by atoms with Crippen LogP contribution in [-0.4, -0.2) is 23.7 Å². The lowest BCUT2D eigenvalue weighted by atomic mass is 9.85. The predicted octanol–water partition coefficient (Wildman–Crippen LogP) is 4.81. The summed E-state index contributed by atoms with van der Waals surface area (Å²) in [6.07, 6.45) is -11.8. The van der Waals surface area contributed by atoms with E-state index in [1.54, 1.807) is 0 Å². The van der Waals surface area contributed by atoms with Crippen molar-refractivity contribution in [2.75, 3.05) is 0 Å². The number of hydrogen-bond donors (Lipinski definition) is 0. The zero-order valence-corrected chi connectivity index (χ0v) is 9.40. The highest BCUT2D eigenvalue weighted by molar-refractivity contribution is 5.32. The van der Waals surface area contributed by atoms with Crippen molar-refractivity contribution >= 4 is 0 Å². The van der Waals surface area contributed by atoms with E-state index in [0.29, 0.717) is 0 Å². The van der Waals surface area contributed by atoms with Gasteiger partial charge in [0.2, 0.25) is 11.5 Å². The number of alkyl halides is 8. The molecule has 0 aliphatic heterocycles. The zero-order valence-electron chi connectivity index (χ0n) is 9.40. The van der Waals surface area contributed by atoms with Crippen molar-refractivity contribution in [3.63, 3.8) is 0 Å². The van der Waals surface area contributed by atoms with Crippen LogP contribution in [0.25, 0.3) is 0 Å². The van der Waals surface area contributed by atoms with Crippen LogP contribution in [0.2, 0.25) is 0 Å². The topological polar surface area (TPSA) is 0 Å². The molecular formula is C9H9F9. The standard InChI is InChI=1S/C9H9F9/c1-6(2,11)4(5(10)8(13,14)15)7(3,12)9(16,17)18/h1-3H3/b5-4+. The Morgan fingerprint density at radius 3 is 1.22 bits per heavy atom. The summed E-state index contributed by atoms with van der Waals surface area (Å²) in [5.41, 5.74) is -10.9. The van der Waals surface area contributed by atoms with E-state index < -0.39 is 35.1 Å². The molecule has 0 nitrogen and oxygen atoms in total. The van der Waals surface area contributed by atoms with Gasteiger partial charge in [-0.1, -0.05) is 0 Å². The summed E-state index contributed by atoms with van der Waals surface area (Å²) >= 11 is 0.